The van der Waals surface area contributed by atoms with E-state index >= 15 is 0 Å². The normalized spacial score (nSPS) is 11.6. The Hall–Kier alpha value is -2.35. The Morgan fingerprint density at radius 3 is 2.35 bits per heavy atom. The van der Waals surface area contributed by atoms with E-state index in [1.807, 2.05) is 41.1 Å². The van der Waals surface area contributed by atoms with Gasteiger partial charge in [0.1, 0.15) is 0 Å². The van der Waals surface area contributed by atoms with Crippen LogP contribution < -0.4 is 0 Å². The molecule has 0 N–H and O–H groups in total. The number of aromatic nitrogens is 2. The van der Waals surface area contributed by atoms with Crippen LogP contribution in [0.5, 0.6) is 0 Å². The maximum atomic E-state index is 6.59. The number of hydrogen-bond donors (Lipinski definition) is 0. The molecule has 1 aromatic heterocycles. The topological polar surface area (TPSA) is 27.1 Å². The molecule has 0 saturated carbocycles. The lowest BCUT2D eigenvalue weighted by Gasteiger charge is -2.28. The van der Waals surface area contributed by atoms with E-state index in [0.717, 1.165) is 46.0 Å². The second kappa shape index (κ2) is 7.90. The van der Waals surface area contributed by atoms with Crippen molar-refractivity contribution in [3.05, 3.63) is 59.8 Å². The summed E-state index contributed by atoms with van der Waals surface area (Å²) in [5.41, 5.74) is 3.94. The highest BCUT2D eigenvalue weighted by Gasteiger charge is 2.29. The monoisotopic (exact) mass is 362 g/mol. The van der Waals surface area contributed by atoms with Gasteiger partial charge in [-0.25, -0.2) is 4.68 Å². The van der Waals surface area contributed by atoms with Crippen molar-refractivity contribution in [2.24, 2.45) is 0 Å². The maximum absolute atomic E-state index is 6.59. The van der Waals surface area contributed by atoms with Crippen molar-refractivity contribution in [2.75, 3.05) is 0 Å². The van der Waals surface area contributed by atoms with Crippen LogP contribution in [-0.4, -0.2) is 18.1 Å². The second-order valence-electron chi connectivity index (χ2n) is 6.60. The molecule has 4 heteroatoms. The lowest BCUT2D eigenvalue weighted by atomic mass is 10.1. The van der Waals surface area contributed by atoms with Gasteiger partial charge in [0.05, 0.1) is 23.5 Å². The average Bonchev–Trinajstić information content (AvgIpc) is 3.08. The highest BCUT2D eigenvalue weighted by molar-refractivity contribution is 6.73. The predicted octanol–water partition coefficient (Wildman–Crippen LogP) is 5.53. The lowest BCUT2D eigenvalue weighted by Crippen LogP contribution is -2.35. The van der Waals surface area contributed by atoms with Crippen molar-refractivity contribution in [3.8, 4) is 18.0 Å². The summed E-state index contributed by atoms with van der Waals surface area (Å²) in [5, 5.41) is 5.90. The van der Waals surface area contributed by atoms with Gasteiger partial charge >= 0.3 is 0 Å². The molecule has 0 atom stereocenters. The third-order valence-electron chi connectivity index (χ3n) is 5.39. The van der Waals surface area contributed by atoms with E-state index in [4.69, 9.17) is 15.9 Å². The number of nitrogens with zero attached hydrogens (tertiary/aromatic N) is 2. The molecular weight excluding hydrogens is 336 g/mol. The minimum Gasteiger partial charge on any atom is -0.411 e. The smallest absolute Gasteiger partial charge is 0.192 e. The summed E-state index contributed by atoms with van der Waals surface area (Å²) in [6, 6.07) is 19.6. The molecule has 1 heterocycles. The Balaban J connectivity index is 2.10. The molecule has 3 aromatic rings. The van der Waals surface area contributed by atoms with Crippen LogP contribution in [0, 0.1) is 12.3 Å². The third-order valence-corrected chi connectivity index (χ3v) is 10.0. The molecule has 0 fully saturated rings. The Labute approximate surface area is 157 Å². The van der Waals surface area contributed by atoms with Crippen LogP contribution in [0.2, 0.25) is 18.1 Å². The molecule has 0 aliphatic carbocycles. The highest BCUT2D eigenvalue weighted by Crippen LogP contribution is 2.28. The van der Waals surface area contributed by atoms with Crippen molar-refractivity contribution < 1.29 is 4.43 Å². The number of para-hydroxylation sites is 1. The SMILES string of the molecule is C#Cc1ccc2nn(-c3ccccc3)c(CO[Si](CC)(CC)CC)c2c1. The second-order valence-corrected chi connectivity index (χ2v) is 11.4. The van der Waals surface area contributed by atoms with Gasteiger partial charge in [0.15, 0.2) is 8.32 Å². The molecule has 0 bridgehead atoms. The van der Waals surface area contributed by atoms with Crippen LogP contribution in [0.1, 0.15) is 32.0 Å². The van der Waals surface area contributed by atoms with Crippen LogP contribution in [0.15, 0.2) is 48.5 Å². The summed E-state index contributed by atoms with van der Waals surface area (Å²) in [7, 11) is -1.69. The fraction of sp³-hybridized carbons (Fsp3) is 0.318. The summed E-state index contributed by atoms with van der Waals surface area (Å²) < 4.78 is 8.60. The molecular formula is C22H26N2OSi. The van der Waals surface area contributed by atoms with Gasteiger partial charge in [-0.3, -0.25) is 0 Å². The van der Waals surface area contributed by atoms with Gasteiger partial charge in [0.2, 0.25) is 0 Å². The standard InChI is InChI=1S/C22H26N2OSi/c1-5-18-14-15-21-20(16-18)22(17-25-26(6-2,7-3)8-4)24(23-21)19-12-10-9-11-13-19/h1,9-16H,6-8,17H2,2-4H3. The first-order valence-electron chi connectivity index (χ1n) is 9.34. The molecule has 2 aromatic carbocycles. The van der Waals surface area contributed by atoms with E-state index in [2.05, 4.69) is 38.8 Å². The van der Waals surface area contributed by atoms with Gasteiger partial charge < -0.3 is 4.43 Å². The molecule has 3 nitrogen and oxygen atoms in total. The Morgan fingerprint density at radius 2 is 1.73 bits per heavy atom. The minimum absolute atomic E-state index is 0.571. The van der Waals surface area contributed by atoms with Gasteiger partial charge in [0.25, 0.3) is 0 Å². The Morgan fingerprint density at radius 1 is 1.04 bits per heavy atom. The number of rotatable bonds is 7. The van der Waals surface area contributed by atoms with Crippen molar-refractivity contribution in [1.82, 2.24) is 9.78 Å². The molecule has 0 amide bonds. The van der Waals surface area contributed by atoms with Gasteiger partial charge in [-0.05, 0) is 48.5 Å². The number of benzene rings is 2. The fourth-order valence-electron chi connectivity index (χ4n) is 3.43. The molecule has 0 aliphatic heterocycles. The largest absolute Gasteiger partial charge is 0.411 e. The third kappa shape index (κ3) is 3.46. The zero-order valence-corrected chi connectivity index (χ0v) is 16.8. The van der Waals surface area contributed by atoms with Crippen molar-refractivity contribution in [2.45, 2.75) is 45.5 Å². The van der Waals surface area contributed by atoms with Crippen molar-refractivity contribution in [3.63, 3.8) is 0 Å². The Bertz CT molecular complexity index is 912. The summed E-state index contributed by atoms with van der Waals surface area (Å²) >= 11 is 0. The molecule has 0 aliphatic rings. The highest BCUT2D eigenvalue weighted by atomic mass is 28.4. The average molecular weight is 363 g/mol. The molecule has 134 valence electrons. The maximum Gasteiger partial charge on any atom is 0.192 e. The van der Waals surface area contributed by atoms with E-state index in [0.29, 0.717) is 6.61 Å². The zero-order valence-electron chi connectivity index (χ0n) is 15.8. The summed E-state index contributed by atoms with van der Waals surface area (Å²) in [6.07, 6.45) is 5.62. The van der Waals surface area contributed by atoms with Crippen molar-refractivity contribution in [1.29, 1.82) is 0 Å². The first-order chi connectivity index (χ1) is 12.7. The van der Waals surface area contributed by atoms with Gasteiger partial charge in [0, 0.05) is 10.9 Å². The predicted molar refractivity (Wildman–Crippen MR) is 111 cm³/mol. The van der Waals surface area contributed by atoms with E-state index < -0.39 is 8.32 Å². The number of fused-ring (bicyclic) bond motifs is 1. The quantitative estimate of drug-likeness (QED) is 0.408. The van der Waals surface area contributed by atoms with Crippen molar-refractivity contribution >= 4 is 19.2 Å². The summed E-state index contributed by atoms with van der Waals surface area (Å²) in [4.78, 5) is 0. The van der Waals surface area contributed by atoms with Crippen LogP contribution in [0.25, 0.3) is 16.6 Å². The Kier molecular flexibility index (Phi) is 5.60. The van der Waals surface area contributed by atoms with Crippen LogP contribution in [0.4, 0.5) is 0 Å². The summed E-state index contributed by atoms with van der Waals surface area (Å²) in [6.45, 7) is 7.33. The van der Waals surface area contributed by atoms with E-state index in [1.165, 1.54) is 0 Å². The molecule has 0 spiro atoms. The molecule has 0 unspecified atom stereocenters. The van der Waals surface area contributed by atoms with E-state index in [-0.39, 0.29) is 0 Å². The summed E-state index contributed by atoms with van der Waals surface area (Å²) in [5.74, 6) is 2.73. The lowest BCUT2D eigenvalue weighted by molar-refractivity contribution is 0.280. The molecule has 0 radical (unpaired) electrons. The van der Waals surface area contributed by atoms with Gasteiger partial charge in [-0.1, -0.05) is 44.9 Å². The van der Waals surface area contributed by atoms with Crippen LogP contribution in [-0.2, 0) is 11.0 Å². The molecule has 26 heavy (non-hydrogen) atoms. The zero-order chi connectivity index (χ0) is 18.6. The van der Waals surface area contributed by atoms with Crippen LogP contribution >= 0.6 is 0 Å². The molecule has 0 saturated heterocycles. The number of terminal acetylenes is 1. The van der Waals surface area contributed by atoms with Crippen LogP contribution in [0.3, 0.4) is 0 Å². The first-order valence-corrected chi connectivity index (χ1v) is 11.9. The first kappa shape index (κ1) is 18.4. The van der Waals surface area contributed by atoms with Gasteiger partial charge in [-0.15, -0.1) is 6.42 Å². The van der Waals surface area contributed by atoms with Gasteiger partial charge in [-0.2, -0.15) is 5.10 Å². The van der Waals surface area contributed by atoms with E-state index in [1.54, 1.807) is 0 Å². The van der Waals surface area contributed by atoms with E-state index in [9.17, 15) is 0 Å². The fourth-order valence-corrected chi connectivity index (χ4v) is 5.98. The minimum atomic E-state index is -1.69. The molecule has 3 rings (SSSR count). The number of hydrogen-bond acceptors (Lipinski definition) is 2.